The molecule has 1 aliphatic rings. The SMILES string of the molecule is CC1(C)CCCN(c2cccc(CO)n2)C1. The molecule has 0 aromatic carbocycles. The van der Waals surface area contributed by atoms with Crippen LogP contribution in [0.4, 0.5) is 5.82 Å². The molecule has 1 aliphatic heterocycles. The molecule has 1 N–H and O–H groups in total. The van der Waals surface area contributed by atoms with Gasteiger partial charge in [-0.15, -0.1) is 0 Å². The number of piperidine rings is 1. The second kappa shape index (κ2) is 4.42. The molecule has 16 heavy (non-hydrogen) atoms. The van der Waals surface area contributed by atoms with Gasteiger partial charge in [0.2, 0.25) is 0 Å². The number of hydrogen-bond donors (Lipinski definition) is 1. The maximum atomic E-state index is 9.08. The molecular formula is C13H20N2O. The minimum Gasteiger partial charge on any atom is -0.390 e. The molecule has 3 heteroatoms. The lowest BCUT2D eigenvalue weighted by atomic mass is 9.84. The summed E-state index contributed by atoms with van der Waals surface area (Å²) in [6, 6.07) is 5.86. The van der Waals surface area contributed by atoms with Crippen molar-refractivity contribution in [2.75, 3.05) is 18.0 Å². The first-order valence-electron chi connectivity index (χ1n) is 5.92. The highest BCUT2D eigenvalue weighted by molar-refractivity contribution is 5.40. The van der Waals surface area contributed by atoms with Crippen molar-refractivity contribution in [2.24, 2.45) is 5.41 Å². The molecule has 88 valence electrons. The first-order chi connectivity index (χ1) is 7.61. The smallest absolute Gasteiger partial charge is 0.128 e. The van der Waals surface area contributed by atoms with E-state index in [1.54, 1.807) is 0 Å². The van der Waals surface area contributed by atoms with E-state index >= 15 is 0 Å². The van der Waals surface area contributed by atoms with Gasteiger partial charge in [0, 0.05) is 13.1 Å². The molecule has 0 atom stereocenters. The molecule has 0 aliphatic carbocycles. The van der Waals surface area contributed by atoms with Crippen LogP contribution in [0.3, 0.4) is 0 Å². The maximum Gasteiger partial charge on any atom is 0.128 e. The van der Waals surface area contributed by atoms with Gasteiger partial charge in [0.05, 0.1) is 12.3 Å². The molecule has 1 aromatic heterocycles. The summed E-state index contributed by atoms with van der Waals surface area (Å²) in [5, 5.41) is 9.08. The predicted octanol–water partition coefficient (Wildman–Crippen LogP) is 2.20. The van der Waals surface area contributed by atoms with E-state index in [1.165, 1.54) is 12.8 Å². The van der Waals surface area contributed by atoms with E-state index in [4.69, 9.17) is 5.11 Å². The number of anilines is 1. The van der Waals surface area contributed by atoms with E-state index in [9.17, 15) is 0 Å². The van der Waals surface area contributed by atoms with E-state index in [-0.39, 0.29) is 6.61 Å². The zero-order valence-corrected chi connectivity index (χ0v) is 10.1. The lowest BCUT2D eigenvalue weighted by Crippen LogP contribution is -2.40. The Morgan fingerprint density at radius 2 is 2.25 bits per heavy atom. The summed E-state index contributed by atoms with van der Waals surface area (Å²) in [7, 11) is 0. The number of rotatable bonds is 2. The zero-order chi connectivity index (χ0) is 11.6. The van der Waals surface area contributed by atoms with Crippen LogP contribution in [-0.2, 0) is 6.61 Å². The molecular weight excluding hydrogens is 200 g/mol. The van der Waals surface area contributed by atoms with Crippen LogP contribution in [-0.4, -0.2) is 23.2 Å². The first-order valence-corrected chi connectivity index (χ1v) is 5.92. The van der Waals surface area contributed by atoms with E-state index in [0.29, 0.717) is 5.41 Å². The highest BCUT2D eigenvalue weighted by Gasteiger charge is 2.26. The van der Waals surface area contributed by atoms with Gasteiger partial charge in [-0.2, -0.15) is 0 Å². The number of hydrogen-bond acceptors (Lipinski definition) is 3. The molecule has 1 saturated heterocycles. The Balaban J connectivity index is 2.16. The van der Waals surface area contributed by atoms with Gasteiger partial charge in [0.15, 0.2) is 0 Å². The van der Waals surface area contributed by atoms with Gasteiger partial charge in [0.1, 0.15) is 5.82 Å². The fourth-order valence-electron chi connectivity index (χ4n) is 2.35. The number of nitrogens with zero attached hydrogens (tertiary/aromatic N) is 2. The molecule has 1 aromatic rings. The molecule has 0 amide bonds. The fourth-order valence-corrected chi connectivity index (χ4v) is 2.35. The van der Waals surface area contributed by atoms with Gasteiger partial charge >= 0.3 is 0 Å². The summed E-state index contributed by atoms with van der Waals surface area (Å²) in [4.78, 5) is 6.78. The fraction of sp³-hybridized carbons (Fsp3) is 0.615. The summed E-state index contributed by atoms with van der Waals surface area (Å²) < 4.78 is 0. The average Bonchev–Trinajstić information content (AvgIpc) is 2.28. The minimum absolute atomic E-state index is 0.0189. The summed E-state index contributed by atoms with van der Waals surface area (Å²) in [6.45, 7) is 6.75. The van der Waals surface area contributed by atoms with Crippen molar-refractivity contribution < 1.29 is 5.11 Å². The van der Waals surface area contributed by atoms with Crippen LogP contribution in [0, 0.1) is 5.41 Å². The second-order valence-electron chi connectivity index (χ2n) is 5.33. The topological polar surface area (TPSA) is 36.4 Å². The average molecular weight is 220 g/mol. The molecule has 3 nitrogen and oxygen atoms in total. The van der Waals surface area contributed by atoms with Crippen LogP contribution in [0.25, 0.3) is 0 Å². The van der Waals surface area contributed by atoms with Gasteiger partial charge in [-0.3, -0.25) is 0 Å². The maximum absolute atomic E-state index is 9.08. The standard InChI is InChI=1S/C13H20N2O/c1-13(2)7-4-8-15(10-13)12-6-3-5-11(9-16)14-12/h3,5-6,16H,4,7-10H2,1-2H3. The summed E-state index contributed by atoms with van der Waals surface area (Å²) >= 11 is 0. The summed E-state index contributed by atoms with van der Waals surface area (Å²) in [6.07, 6.45) is 2.50. The van der Waals surface area contributed by atoms with E-state index in [0.717, 1.165) is 24.6 Å². The van der Waals surface area contributed by atoms with Crippen LogP contribution in [0.2, 0.25) is 0 Å². The van der Waals surface area contributed by atoms with Crippen molar-refractivity contribution in [2.45, 2.75) is 33.3 Å². The van der Waals surface area contributed by atoms with Gasteiger partial charge < -0.3 is 10.0 Å². The molecule has 0 radical (unpaired) electrons. The number of aliphatic hydroxyl groups excluding tert-OH is 1. The lowest BCUT2D eigenvalue weighted by Gasteiger charge is -2.38. The van der Waals surface area contributed by atoms with Crippen molar-refractivity contribution in [3.63, 3.8) is 0 Å². The lowest BCUT2D eigenvalue weighted by molar-refractivity contribution is 0.275. The van der Waals surface area contributed by atoms with Gasteiger partial charge in [-0.05, 0) is 30.4 Å². The highest BCUT2D eigenvalue weighted by atomic mass is 16.3. The van der Waals surface area contributed by atoms with Crippen LogP contribution < -0.4 is 4.90 Å². The van der Waals surface area contributed by atoms with Crippen molar-refractivity contribution in [3.8, 4) is 0 Å². The quantitative estimate of drug-likeness (QED) is 0.830. The third kappa shape index (κ3) is 2.53. The Bertz CT molecular complexity index is 363. The van der Waals surface area contributed by atoms with Gasteiger partial charge in [0.25, 0.3) is 0 Å². The Morgan fingerprint density at radius 3 is 2.94 bits per heavy atom. The molecule has 1 fully saturated rings. The summed E-state index contributed by atoms with van der Waals surface area (Å²) in [5.74, 6) is 0.999. The third-order valence-corrected chi connectivity index (χ3v) is 3.18. The predicted molar refractivity (Wildman–Crippen MR) is 65.4 cm³/mol. The molecule has 2 heterocycles. The molecule has 0 saturated carbocycles. The third-order valence-electron chi connectivity index (χ3n) is 3.18. The van der Waals surface area contributed by atoms with Gasteiger partial charge in [-0.1, -0.05) is 19.9 Å². The molecule has 0 bridgehead atoms. The van der Waals surface area contributed by atoms with Crippen LogP contribution in [0.5, 0.6) is 0 Å². The molecule has 2 rings (SSSR count). The summed E-state index contributed by atoms with van der Waals surface area (Å²) in [5.41, 5.74) is 1.12. The molecule has 0 spiro atoms. The Morgan fingerprint density at radius 1 is 1.44 bits per heavy atom. The number of aliphatic hydroxyl groups is 1. The van der Waals surface area contributed by atoms with Crippen molar-refractivity contribution in [1.82, 2.24) is 4.98 Å². The van der Waals surface area contributed by atoms with E-state index in [2.05, 4.69) is 23.7 Å². The van der Waals surface area contributed by atoms with Gasteiger partial charge in [-0.25, -0.2) is 4.98 Å². The Kier molecular flexibility index (Phi) is 3.15. The monoisotopic (exact) mass is 220 g/mol. The second-order valence-corrected chi connectivity index (χ2v) is 5.33. The van der Waals surface area contributed by atoms with Crippen LogP contribution in [0.1, 0.15) is 32.4 Å². The normalized spacial score (nSPS) is 19.8. The van der Waals surface area contributed by atoms with Crippen molar-refractivity contribution in [3.05, 3.63) is 23.9 Å². The van der Waals surface area contributed by atoms with Crippen molar-refractivity contribution >= 4 is 5.82 Å². The highest BCUT2D eigenvalue weighted by Crippen LogP contribution is 2.30. The Labute approximate surface area is 97.1 Å². The van der Waals surface area contributed by atoms with E-state index < -0.39 is 0 Å². The van der Waals surface area contributed by atoms with Crippen LogP contribution >= 0.6 is 0 Å². The Hall–Kier alpha value is -1.09. The van der Waals surface area contributed by atoms with Crippen LogP contribution in [0.15, 0.2) is 18.2 Å². The van der Waals surface area contributed by atoms with E-state index in [1.807, 2.05) is 18.2 Å². The zero-order valence-electron chi connectivity index (χ0n) is 10.1. The minimum atomic E-state index is 0.0189. The number of pyridine rings is 1. The van der Waals surface area contributed by atoms with Crippen molar-refractivity contribution in [1.29, 1.82) is 0 Å². The first kappa shape index (κ1) is 11.4. The molecule has 0 unspecified atom stereocenters. The largest absolute Gasteiger partial charge is 0.390 e. The number of aromatic nitrogens is 1.